The summed E-state index contributed by atoms with van der Waals surface area (Å²) >= 11 is 5.97. The summed E-state index contributed by atoms with van der Waals surface area (Å²) in [4.78, 5) is 6.48. The van der Waals surface area contributed by atoms with Crippen molar-refractivity contribution in [2.75, 3.05) is 23.7 Å². The lowest BCUT2D eigenvalue weighted by atomic mass is 10.2. The van der Waals surface area contributed by atoms with E-state index in [1.54, 1.807) is 6.07 Å². The van der Waals surface area contributed by atoms with E-state index in [0.717, 1.165) is 13.1 Å². The lowest BCUT2D eigenvalue weighted by Crippen LogP contribution is -2.18. The van der Waals surface area contributed by atoms with Crippen molar-refractivity contribution in [1.82, 2.24) is 10.1 Å². The van der Waals surface area contributed by atoms with Crippen LogP contribution in [0.2, 0.25) is 5.02 Å². The zero-order valence-electron chi connectivity index (χ0n) is 9.77. The van der Waals surface area contributed by atoms with E-state index < -0.39 is 0 Å². The number of halogens is 1. The molecule has 0 saturated carbocycles. The van der Waals surface area contributed by atoms with Crippen LogP contribution in [0.1, 0.15) is 12.8 Å². The van der Waals surface area contributed by atoms with E-state index in [-0.39, 0.29) is 0 Å². The second-order valence-corrected chi connectivity index (χ2v) is 4.70. The molecule has 3 rings (SSSR count). The van der Waals surface area contributed by atoms with Gasteiger partial charge in [0.1, 0.15) is 0 Å². The summed E-state index contributed by atoms with van der Waals surface area (Å²) < 4.78 is 5.26. The topological polar surface area (TPSA) is 68.2 Å². The van der Waals surface area contributed by atoms with Gasteiger partial charge in [-0.3, -0.25) is 0 Å². The SMILES string of the molecule is Nc1c(Cl)cccc1-c1nc(N2CCCC2)no1. The Balaban J connectivity index is 1.95. The van der Waals surface area contributed by atoms with Crippen LogP contribution in [-0.2, 0) is 0 Å². The van der Waals surface area contributed by atoms with Crippen molar-refractivity contribution in [3.63, 3.8) is 0 Å². The van der Waals surface area contributed by atoms with Crippen LogP contribution in [0.3, 0.4) is 0 Å². The van der Waals surface area contributed by atoms with E-state index in [4.69, 9.17) is 21.9 Å². The Morgan fingerprint density at radius 2 is 2.06 bits per heavy atom. The number of nitrogens with zero attached hydrogens (tertiary/aromatic N) is 3. The molecule has 18 heavy (non-hydrogen) atoms. The number of hydrogen-bond acceptors (Lipinski definition) is 5. The van der Waals surface area contributed by atoms with Crippen molar-refractivity contribution >= 4 is 23.2 Å². The fourth-order valence-electron chi connectivity index (χ4n) is 2.09. The molecule has 2 aromatic rings. The average Bonchev–Trinajstić information content (AvgIpc) is 3.01. The Morgan fingerprint density at radius 3 is 2.83 bits per heavy atom. The Morgan fingerprint density at radius 1 is 1.28 bits per heavy atom. The number of nitrogens with two attached hydrogens (primary N) is 1. The van der Waals surface area contributed by atoms with Crippen LogP contribution in [0.4, 0.5) is 11.6 Å². The molecular formula is C12H13ClN4O. The van der Waals surface area contributed by atoms with Crippen molar-refractivity contribution in [3.05, 3.63) is 23.2 Å². The Labute approximate surface area is 110 Å². The third-order valence-corrected chi connectivity index (χ3v) is 3.42. The second-order valence-electron chi connectivity index (χ2n) is 4.29. The molecule has 0 radical (unpaired) electrons. The maximum Gasteiger partial charge on any atom is 0.266 e. The standard InChI is InChI=1S/C12H13ClN4O/c13-9-5-3-4-8(10(9)14)11-15-12(16-18-11)17-6-1-2-7-17/h3-5H,1-2,6-7,14H2. The maximum atomic E-state index is 5.97. The minimum absolute atomic E-state index is 0.414. The van der Waals surface area contributed by atoms with Gasteiger partial charge in [0, 0.05) is 13.1 Å². The van der Waals surface area contributed by atoms with Crippen molar-refractivity contribution in [2.24, 2.45) is 0 Å². The maximum absolute atomic E-state index is 5.97. The summed E-state index contributed by atoms with van der Waals surface area (Å²) in [6, 6.07) is 5.37. The number of nitrogen functional groups attached to an aromatic ring is 1. The average molecular weight is 265 g/mol. The molecule has 0 bridgehead atoms. The minimum atomic E-state index is 0.414. The van der Waals surface area contributed by atoms with Gasteiger partial charge < -0.3 is 15.2 Å². The van der Waals surface area contributed by atoms with Crippen LogP contribution in [0, 0.1) is 0 Å². The smallest absolute Gasteiger partial charge is 0.266 e. The predicted octanol–water partition coefficient (Wildman–Crippen LogP) is 2.57. The summed E-state index contributed by atoms with van der Waals surface area (Å²) in [5.74, 6) is 1.04. The van der Waals surface area contributed by atoms with Crippen LogP contribution in [0.5, 0.6) is 0 Å². The molecule has 2 heterocycles. The zero-order valence-corrected chi connectivity index (χ0v) is 10.5. The van der Waals surface area contributed by atoms with E-state index in [1.807, 2.05) is 12.1 Å². The van der Waals surface area contributed by atoms with Crippen LogP contribution >= 0.6 is 11.6 Å². The Hall–Kier alpha value is -1.75. The van der Waals surface area contributed by atoms with E-state index in [2.05, 4.69) is 15.0 Å². The molecular weight excluding hydrogens is 252 g/mol. The monoisotopic (exact) mass is 264 g/mol. The molecule has 0 atom stereocenters. The Kier molecular flexibility index (Phi) is 2.83. The highest BCUT2D eigenvalue weighted by molar-refractivity contribution is 6.33. The molecule has 0 amide bonds. The summed E-state index contributed by atoms with van der Waals surface area (Å²) in [5, 5.41) is 4.48. The van der Waals surface area contributed by atoms with Gasteiger partial charge in [-0.15, -0.1) is 0 Å². The fourth-order valence-corrected chi connectivity index (χ4v) is 2.27. The fraction of sp³-hybridized carbons (Fsp3) is 0.333. The molecule has 5 nitrogen and oxygen atoms in total. The molecule has 1 aromatic heterocycles. The van der Waals surface area contributed by atoms with E-state index in [1.165, 1.54) is 12.8 Å². The second kappa shape index (κ2) is 4.49. The van der Waals surface area contributed by atoms with E-state index in [0.29, 0.717) is 28.1 Å². The first-order valence-corrected chi connectivity index (χ1v) is 6.26. The molecule has 1 aliphatic heterocycles. The van der Waals surface area contributed by atoms with Gasteiger partial charge >= 0.3 is 0 Å². The van der Waals surface area contributed by atoms with Crippen molar-refractivity contribution in [1.29, 1.82) is 0 Å². The van der Waals surface area contributed by atoms with Gasteiger partial charge in [0.05, 0.1) is 16.3 Å². The molecule has 1 saturated heterocycles. The highest BCUT2D eigenvalue weighted by Crippen LogP contribution is 2.31. The number of hydrogen-bond donors (Lipinski definition) is 1. The normalized spacial score (nSPS) is 15.3. The van der Waals surface area contributed by atoms with Gasteiger partial charge in [0.15, 0.2) is 0 Å². The molecule has 0 unspecified atom stereocenters. The summed E-state index contributed by atoms with van der Waals surface area (Å²) in [6.07, 6.45) is 2.34. The zero-order chi connectivity index (χ0) is 12.5. The minimum Gasteiger partial charge on any atom is -0.397 e. The first-order chi connectivity index (χ1) is 8.75. The molecule has 1 aliphatic rings. The van der Waals surface area contributed by atoms with Crippen LogP contribution < -0.4 is 10.6 Å². The molecule has 1 fully saturated rings. The van der Waals surface area contributed by atoms with Crippen molar-refractivity contribution < 1.29 is 4.52 Å². The molecule has 1 aromatic carbocycles. The van der Waals surface area contributed by atoms with Gasteiger partial charge in [-0.1, -0.05) is 17.7 Å². The highest BCUT2D eigenvalue weighted by Gasteiger charge is 2.19. The molecule has 6 heteroatoms. The van der Waals surface area contributed by atoms with Crippen LogP contribution in [0.15, 0.2) is 22.7 Å². The van der Waals surface area contributed by atoms with E-state index in [9.17, 15) is 0 Å². The lowest BCUT2D eigenvalue weighted by Gasteiger charge is -2.09. The summed E-state index contributed by atoms with van der Waals surface area (Å²) in [7, 11) is 0. The third kappa shape index (κ3) is 1.90. The van der Waals surface area contributed by atoms with Gasteiger partial charge in [-0.25, -0.2) is 0 Å². The molecule has 2 N–H and O–H groups in total. The quantitative estimate of drug-likeness (QED) is 0.845. The van der Waals surface area contributed by atoms with Gasteiger partial charge in [-0.05, 0) is 30.1 Å². The van der Waals surface area contributed by atoms with Gasteiger partial charge in [0.25, 0.3) is 11.8 Å². The summed E-state index contributed by atoms with van der Waals surface area (Å²) in [6.45, 7) is 1.95. The van der Waals surface area contributed by atoms with Crippen LogP contribution in [-0.4, -0.2) is 23.2 Å². The predicted molar refractivity (Wildman–Crippen MR) is 70.6 cm³/mol. The lowest BCUT2D eigenvalue weighted by molar-refractivity contribution is 0.430. The van der Waals surface area contributed by atoms with Gasteiger partial charge in [-0.2, -0.15) is 4.98 Å². The number of anilines is 2. The first kappa shape index (κ1) is 11.3. The Bertz CT molecular complexity index is 563. The van der Waals surface area contributed by atoms with Crippen LogP contribution in [0.25, 0.3) is 11.5 Å². The first-order valence-electron chi connectivity index (χ1n) is 5.89. The number of aromatic nitrogens is 2. The van der Waals surface area contributed by atoms with E-state index >= 15 is 0 Å². The summed E-state index contributed by atoms with van der Waals surface area (Å²) in [5.41, 5.74) is 7.05. The molecule has 0 aliphatic carbocycles. The molecule has 94 valence electrons. The van der Waals surface area contributed by atoms with Crippen molar-refractivity contribution in [2.45, 2.75) is 12.8 Å². The number of rotatable bonds is 2. The largest absolute Gasteiger partial charge is 0.397 e. The number of para-hydroxylation sites is 1. The highest BCUT2D eigenvalue weighted by atomic mass is 35.5. The number of benzene rings is 1. The van der Waals surface area contributed by atoms with Gasteiger partial charge in [0.2, 0.25) is 0 Å². The van der Waals surface area contributed by atoms with Crippen molar-refractivity contribution in [3.8, 4) is 11.5 Å². The third-order valence-electron chi connectivity index (χ3n) is 3.09. The molecule has 0 spiro atoms.